The van der Waals surface area contributed by atoms with Crippen LogP contribution in [0.4, 0.5) is 0 Å². The van der Waals surface area contributed by atoms with Crippen LogP contribution in [0.2, 0.25) is 0 Å². The van der Waals surface area contributed by atoms with Gasteiger partial charge in [-0.2, -0.15) is 5.10 Å². The maximum absolute atomic E-state index is 4.65. The lowest BCUT2D eigenvalue weighted by Crippen LogP contribution is -1.95. The zero-order valence-electron chi connectivity index (χ0n) is 10.6. The van der Waals surface area contributed by atoms with Crippen LogP contribution in [0.5, 0.6) is 0 Å². The van der Waals surface area contributed by atoms with Gasteiger partial charge in [-0.15, -0.1) is 11.3 Å². The molecule has 0 aromatic carbocycles. The van der Waals surface area contributed by atoms with Gasteiger partial charge in [0.25, 0.3) is 0 Å². The number of thiophene rings is 1. The van der Waals surface area contributed by atoms with E-state index >= 15 is 0 Å². The van der Waals surface area contributed by atoms with E-state index in [9.17, 15) is 0 Å². The van der Waals surface area contributed by atoms with E-state index in [0.717, 1.165) is 16.5 Å². The van der Waals surface area contributed by atoms with Crippen molar-refractivity contribution in [2.45, 2.75) is 33.6 Å². The molecule has 0 saturated heterocycles. The summed E-state index contributed by atoms with van der Waals surface area (Å²) in [4.78, 5) is 5.78. The smallest absolute Gasteiger partial charge is 0.191 e. The predicted octanol–water partition coefficient (Wildman–Crippen LogP) is 3.68. The topological polar surface area (TPSA) is 41.6 Å². The van der Waals surface area contributed by atoms with Gasteiger partial charge in [0.2, 0.25) is 0 Å². The second-order valence-corrected chi connectivity index (χ2v) is 6.85. The fourth-order valence-corrected chi connectivity index (χ4v) is 3.46. The summed E-state index contributed by atoms with van der Waals surface area (Å²) in [7, 11) is 0. The van der Waals surface area contributed by atoms with Crippen LogP contribution in [0.15, 0.2) is 17.5 Å². The van der Waals surface area contributed by atoms with Crippen LogP contribution in [-0.2, 0) is 0 Å². The molecule has 2 aromatic rings. The average molecular weight is 247 g/mol. The highest BCUT2D eigenvalue weighted by molar-refractivity contribution is 7.13. The van der Waals surface area contributed by atoms with Gasteiger partial charge < -0.3 is 0 Å². The maximum atomic E-state index is 4.65. The van der Waals surface area contributed by atoms with Gasteiger partial charge in [-0.25, -0.2) is 4.98 Å². The maximum Gasteiger partial charge on any atom is 0.191 e. The minimum Gasteiger partial charge on any atom is -0.262 e. The molecule has 1 aliphatic rings. The number of hydrogen-bond donors (Lipinski definition) is 1. The van der Waals surface area contributed by atoms with Gasteiger partial charge in [0.1, 0.15) is 5.82 Å². The summed E-state index contributed by atoms with van der Waals surface area (Å²) in [6.45, 7) is 9.19. The van der Waals surface area contributed by atoms with E-state index < -0.39 is 0 Å². The first-order valence-electron chi connectivity index (χ1n) is 5.91. The summed E-state index contributed by atoms with van der Waals surface area (Å²) in [5.41, 5.74) is 0.610. The molecule has 0 amide bonds. The Kier molecular flexibility index (Phi) is 2.06. The Morgan fingerprint density at radius 1 is 1.24 bits per heavy atom. The fourth-order valence-electron chi connectivity index (χ4n) is 2.80. The van der Waals surface area contributed by atoms with Crippen LogP contribution in [0.3, 0.4) is 0 Å². The van der Waals surface area contributed by atoms with Crippen molar-refractivity contribution in [1.29, 1.82) is 0 Å². The zero-order valence-corrected chi connectivity index (χ0v) is 11.4. The van der Waals surface area contributed by atoms with Crippen LogP contribution in [0.25, 0.3) is 10.7 Å². The highest BCUT2D eigenvalue weighted by Crippen LogP contribution is 2.72. The lowest BCUT2D eigenvalue weighted by molar-refractivity contribution is 0.457. The van der Waals surface area contributed by atoms with Gasteiger partial charge >= 0.3 is 0 Å². The number of nitrogens with one attached hydrogen (secondary N) is 1. The monoisotopic (exact) mass is 247 g/mol. The van der Waals surface area contributed by atoms with E-state index in [-0.39, 0.29) is 0 Å². The van der Waals surface area contributed by atoms with Crippen molar-refractivity contribution in [3.63, 3.8) is 0 Å². The molecule has 3 rings (SSSR count). The predicted molar refractivity (Wildman–Crippen MR) is 70.0 cm³/mol. The Morgan fingerprint density at radius 2 is 1.94 bits per heavy atom. The van der Waals surface area contributed by atoms with Crippen molar-refractivity contribution in [3.8, 4) is 10.7 Å². The minimum absolute atomic E-state index is 0.305. The lowest BCUT2D eigenvalue weighted by Gasteiger charge is -2.03. The third-order valence-electron chi connectivity index (χ3n) is 4.54. The molecule has 0 unspecified atom stereocenters. The van der Waals surface area contributed by atoms with Crippen LogP contribution >= 0.6 is 11.3 Å². The average Bonchev–Trinajstić information content (AvgIpc) is 2.75. The van der Waals surface area contributed by atoms with E-state index in [0.29, 0.717) is 16.7 Å². The molecule has 0 spiro atoms. The standard InChI is InChI=1S/C13H17N3S/c1-12(2)9(13(12,3)4)11-14-10(15-16-11)8-6-5-7-17-8/h5-7,9H,1-4H3,(H,14,15,16). The summed E-state index contributed by atoms with van der Waals surface area (Å²) in [6, 6.07) is 4.09. The van der Waals surface area contributed by atoms with Gasteiger partial charge in [-0.05, 0) is 22.3 Å². The van der Waals surface area contributed by atoms with Crippen LogP contribution < -0.4 is 0 Å². The molecule has 17 heavy (non-hydrogen) atoms. The molecule has 1 saturated carbocycles. The second-order valence-electron chi connectivity index (χ2n) is 5.90. The molecule has 90 valence electrons. The van der Waals surface area contributed by atoms with Crippen molar-refractivity contribution in [3.05, 3.63) is 23.3 Å². The van der Waals surface area contributed by atoms with Gasteiger partial charge in [0, 0.05) is 5.92 Å². The van der Waals surface area contributed by atoms with Gasteiger partial charge in [0.15, 0.2) is 5.82 Å². The third-order valence-corrected chi connectivity index (χ3v) is 5.40. The zero-order chi connectivity index (χ0) is 12.3. The van der Waals surface area contributed by atoms with E-state index in [2.05, 4.69) is 54.3 Å². The highest BCUT2D eigenvalue weighted by atomic mass is 32.1. The molecule has 3 nitrogen and oxygen atoms in total. The Hall–Kier alpha value is -1.16. The first-order valence-corrected chi connectivity index (χ1v) is 6.79. The van der Waals surface area contributed by atoms with Crippen molar-refractivity contribution >= 4 is 11.3 Å². The molecule has 4 heteroatoms. The minimum atomic E-state index is 0.305. The number of nitrogens with zero attached hydrogens (tertiary/aromatic N) is 2. The summed E-state index contributed by atoms with van der Waals surface area (Å²) in [5, 5.41) is 9.49. The quantitative estimate of drug-likeness (QED) is 0.879. The normalized spacial score (nSPS) is 21.6. The van der Waals surface area contributed by atoms with E-state index in [4.69, 9.17) is 0 Å². The highest BCUT2D eigenvalue weighted by Gasteiger charge is 2.66. The van der Waals surface area contributed by atoms with Gasteiger partial charge in [0.05, 0.1) is 4.88 Å². The first kappa shape index (κ1) is 11.0. The fraction of sp³-hybridized carbons (Fsp3) is 0.538. The Labute approximate surface area is 105 Å². The van der Waals surface area contributed by atoms with Crippen molar-refractivity contribution < 1.29 is 0 Å². The SMILES string of the molecule is CC1(C)C(c2nc(-c3cccs3)n[nH]2)C1(C)C. The largest absolute Gasteiger partial charge is 0.262 e. The van der Waals surface area contributed by atoms with Crippen molar-refractivity contribution in [2.24, 2.45) is 10.8 Å². The summed E-state index contributed by atoms with van der Waals surface area (Å²) in [6.07, 6.45) is 0. The summed E-state index contributed by atoms with van der Waals surface area (Å²) in [5.74, 6) is 2.34. The van der Waals surface area contributed by atoms with Crippen LogP contribution in [0, 0.1) is 10.8 Å². The first-order chi connectivity index (χ1) is 7.94. The van der Waals surface area contributed by atoms with Crippen LogP contribution in [0.1, 0.15) is 39.4 Å². The molecule has 0 radical (unpaired) electrons. The molecule has 0 aliphatic heterocycles. The molecule has 0 bridgehead atoms. The summed E-state index contributed by atoms with van der Waals surface area (Å²) < 4.78 is 0. The molecule has 0 atom stereocenters. The second kappa shape index (κ2) is 3.19. The molecule has 2 aromatic heterocycles. The molecular weight excluding hydrogens is 230 g/mol. The van der Waals surface area contributed by atoms with Crippen molar-refractivity contribution in [1.82, 2.24) is 15.2 Å². The molecular formula is C13H17N3S. The van der Waals surface area contributed by atoms with E-state index in [1.807, 2.05) is 6.07 Å². The van der Waals surface area contributed by atoms with E-state index in [1.165, 1.54) is 0 Å². The van der Waals surface area contributed by atoms with Gasteiger partial charge in [-0.3, -0.25) is 5.10 Å². The Bertz CT molecular complexity index is 523. The number of aromatic amines is 1. The summed E-state index contributed by atoms with van der Waals surface area (Å²) >= 11 is 1.68. The number of aromatic nitrogens is 3. The molecule has 1 N–H and O–H groups in total. The molecule has 1 aliphatic carbocycles. The van der Waals surface area contributed by atoms with E-state index in [1.54, 1.807) is 11.3 Å². The van der Waals surface area contributed by atoms with Crippen LogP contribution in [-0.4, -0.2) is 15.2 Å². The lowest BCUT2D eigenvalue weighted by atomic mass is 10.0. The third kappa shape index (κ3) is 1.40. The number of rotatable bonds is 2. The van der Waals surface area contributed by atoms with Crippen molar-refractivity contribution in [2.75, 3.05) is 0 Å². The Balaban J connectivity index is 1.93. The number of H-pyrrole nitrogens is 1. The molecule has 2 heterocycles. The number of hydrogen-bond acceptors (Lipinski definition) is 3. The Morgan fingerprint density at radius 3 is 2.47 bits per heavy atom. The van der Waals surface area contributed by atoms with Gasteiger partial charge in [-0.1, -0.05) is 33.8 Å². The molecule has 1 fully saturated rings.